The summed E-state index contributed by atoms with van der Waals surface area (Å²) in [7, 11) is -3.44. The highest BCUT2D eigenvalue weighted by atomic mass is 32.3. The third-order valence-electron chi connectivity index (χ3n) is 4.74. The van der Waals surface area contributed by atoms with Gasteiger partial charge in [-0.05, 0) is 29.9 Å². The van der Waals surface area contributed by atoms with Crippen molar-refractivity contribution >= 4 is 27.4 Å². The van der Waals surface area contributed by atoms with Gasteiger partial charge in [0.1, 0.15) is 0 Å². The van der Waals surface area contributed by atoms with Gasteiger partial charge < -0.3 is 9.39 Å². The van der Waals surface area contributed by atoms with Crippen molar-refractivity contribution in [1.29, 1.82) is 0 Å². The second kappa shape index (κ2) is 6.64. The molecule has 2 unspecified atom stereocenters. The monoisotopic (exact) mass is 376 g/mol. The van der Waals surface area contributed by atoms with Crippen LogP contribution in [0.25, 0.3) is 0 Å². The van der Waals surface area contributed by atoms with Crippen molar-refractivity contribution in [1.82, 2.24) is 4.31 Å². The summed E-state index contributed by atoms with van der Waals surface area (Å²) in [5.74, 6) is 0. The maximum absolute atomic E-state index is 12.8. The number of piperidine rings is 1. The molecule has 2 atom stereocenters. The second-order valence-electron chi connectivity index (χ2n) is 6.65. The molecule has 1 aromatic carbocycles. The van der Waals surface area contributed by atoms with Gasteiger partial charge >= 0.3 is 0 Å². The summed E-state index contributed by atoms with van der Waals surface area (Å²) in [6, 6.07) is 13.6. The van der Waals surface area contributed by atoms with Crippen LogP contribution >= 0.6 is 11.3 Å². The molecule has 1 aromatic heterocycles. The molecule has 0 radical (unpaired) electrons. The standard InChI is InChI=1S/C18H20N2O3S2/c21-25(22,17-8-4-11-24-17)20-10-5-9-18(14-20)13-16(19-23-18)12-15-6-2-1-3-7-15/h1-4,6-8,11H,5,9-10,12-14H2. The van der Waals surface area contributed by atoms with Crippen LogP contribution in [-0.4, -0.2) is 33.3 Å². The Hall–Kier alpha value is -1.54. The van der Waals surface area contributed by atoms with Crippen molar-refractivity contribution < 1.29 is 13.6 Å². The average Bonchev–Trinajstić information content (AvgIpc) is 3.27. The third kappa shape index (κ3) is 3.42. The third-order valence-corrected chi connectivity index (χ3v) is 7.96. The van der Waals surface area contributed by atoms with E-state index in [4.69, 9.17) is 4.84 Å². The Balaban J connectivity index is 1.46. The highest BCUT2D eigenvalue weighted by Gasteiger charge is 2.48. The molecule has 2 aromatic rings. The van der Waals surface area contributed by atoms with Crippen molar-refractivity contribution in [2.75, 3.05) is 13.1 Å². The molecule has 0 saturated carbocycles. The molecule has 25 heavy (non-hydrogen) atoms. The van der Waals surface area contributed by atoms with E-state index in [2.05, 4.69) is 17.3 Å². The lowest BCUT2D eigenvalue weighted by atomic mass is 9.88. The molecule has 0 amide bonds. The molecule has 5 nitrogen and oxygen atoms in total. The molecule has 1 fully saturated rings. The lowest BCUT2D eigenvalue weighted by Crippen LogP contribution is -2.52. The molecule has 132 valence electrons. The van der Waals surface area contributed by atoms with Crippen molar-refractivity contribution in [3.63, 3.8) is 0 Å². The predicted octanol–water partition coefficient (Wildman–Crippen LogP) is 3.51. The van der Waals surface area contributed by atoms with Gasteiger partial charge in [-0.1, -0.05) is 51.0 Å². The van der Waals surface area contributed by atoms with Gasteiger partial charge in [-0.25, -0.2) is 0 Å². The maximum Gasteiger partial charge on any atom is 0.229 e. The minimum absolute atomic E-state index is 0.370. The second-order valence-corrected chi connectivity index (χ2v) is 9.76. The van der Waals surface area contributed by atoms with E-state index in [0.717, 1.165) is 25.0 Å². The lowest BCUT2D eigenvalue weighted by molar-refractivity contribution is -0.0533. The molecule has 2 aliphatic rings. The lowest BCUT2D eigenvalue weighted by Gasteiger charge is -2.38. The molecule has 0 N–H and O–H groups in total. The van der Waals surface area contributed by atoms with Crippen LogP contribution in [0.1, 0.15) is 24.8 Å². The topological polar surface area (TPSA) is 65.0 Å². The van der Waals surface area contributed by atoms with Crippen LogP contribution in [0.5, 0.6) is 0 Å². The molecule has 1 saturated heterocycles. The van der Waals surface area contributed by atoms with Crippen LogP contribution in [0.4, 0.5) is 0 Å². The first-order valence-corrected chi connectivity index (χ1v) is 10.7. The zero-order chi connectivity index (χ0) is 17.3. The van der Waals surface area contributed by atoms with Crippen molar-refractivity contribution in [2.45, 2.75) is 35.5 Å². The minimum Gasteiger partial charge on any atom is -0.592 e. The van der Waals surface area contributed by atoms with E-state index in [1.165, 1.54) is 16.9 Å². The number of oxime groups is 1. The molecule has 4 rings (SSSR count). The first-order chi connectivity index (χ1) is 12.1. The van der Waals surface area contributed by atoms with Crippen LogP contribution in [0.3, 0.4) is 0 Å². The van der Waals surface area contributed by atoms with Crippen LogP contribution in [-0.2, 0) is 25.9 Å². The summed E-state index contributed by atoms with van der Waals surface area (Å²) in [6.45, 7) is 0.911. The summed E-state index contributed by atoms with van der Waals surface area (Å²) in [5, 5.41) is 6.08. The molecular weight excluding hydrogens is 356 g/mol. The highest BCUT2D eigenvalue weighted by Crippen LogP contribution is 2.38. The van der Waals surface area contributed by atoms with Gasteiger partial charge in [0, 0.05) is 25.5 Å². The SMILES string of the molecule is O=[S+]([O-])(c1cccs1)N1CCCC2(CC(Cc3ccccc3)=NO2)C1. The van der Waals surface area contributed by atoms with Gasteiger partial charge in [0.05, 0.1) is 12.3 Å². The highest BCUT2D eigenvalue weighted by molar-refractivity contribution is 7.97. The number of thiophene rings is 1. The largest absolute Gasteiger partial charge is 0.592 e. The summed E-state index contributed by atoms with van der Waals surface area (Å²) >= 11 is 1.26. The molecule has 0 aliphatic carbocycles. The van der Waals surface area contributed by atoms with E-state index < -0.39 is 16.0 Å². The van der Waals surface area contributed by atoms with E-state index in [0.29, 0.717) is 23.7 Å². The van der Waals surface area contributed by atoms with Crippen LogP contribution < -0.4 is 0 Å². The van der Waals surface area contributed by atoms with E-state index in [1.807, 2.05) is 18.2 Å². The zero-order valence-electron chi connectivity index (χ0n) is 13.8. The van der Waals surface area contributed by atoms with Crippen molar-refractivity contribution in [2.24, 2.45) is 5.16 Å². The first-order valence-electron chi connectivity index (χ1n) is 8.39. The summed E-state index contributed by atoms with van der Waals surface area (Å²) in [5.41, 5.74) is 1.68. The van der Waals surface area contributed by atoms with Crippen molar-refractivity contribution in [3.05, 3.63) is 53.4 Å². The summed E-state index contributed by atoms with van der Waals surface area (Å²) < 4.78 is 27.6. The molecule has 0 bridgehead atoms. The number of sulfonamides is 1. The first kappa shape index (κ1) is 16.9. The Labute approximate surface area is 152 Å². The fourth-order valence-corrected chi connectivity index (χ4v) is 6.24. The fraction of sp³-hybridized carbons (Fsp3) is 0.389. The number of benzene rings is 1. The van der Waals surface area contributed by atoms with Gasteiger partial charge in [-0.2, -0.15) is 0 Å². The molecule has 2 aliphatic heterocycles. The zero-order valence-corrected chi connectivity index (χ0v) is 15.4. The van der Waals surface area contributed by atoms with Gasteiger partial charge in [-0.3, -0.25) is 0 Å². The number of rotatable bonds is 4. The number of hydrogen-bond donors (Lipinski definition) is 0. The Kier molecular flexibility index (Phi) is 4.49. The van der Waals surface area contributed by atoms with E-state index in [-0.39, 0.29) is 0 Å². The average molecular weight is 377 g/mol. The number of nitrogens with zero attached hydrogens (tertiary/aromatic N) is 2. The smallest absolute Gasteiger partial charge is 0.229 e. The molecule has 3 heterocycles. The minimum atomic E-state index is -3.44. The Morgan fingerprint density at radius 2 is 2.12 bits per heavy atom. The van der Waals surface area contributed by atoms with Gasteiger partial charge in [0.15, 0.2) is 16.0 Å². The van der Waals surface area contributed by atoms with E-state index in [9.17, 15) is 8.76 Å². The molecule has 1 spiro atoms. The van der Waals surface area contributed by atoms with Gasteiger partial charge in [-0.15, -0.1) is 4.31 Å². The van der Waals surface area contributed by atoms with Gasteiger partial charge in [0.2, 0.25) is 4.21 Å². The summed E-state index contributed by atoms with van der Waals surface area (Å²) in [6.07, 6.45) is 3.07. The Morgan fingerprint density at radius 3 is 2.88 bits per heavy atom. The fourth-order valence-electron chi connectivity index (χ4n) is 3.54. The maximum atomic E-state index is 12.8. The Morgan fingerprint density at radius 1 is 1.28 bits per heavy atom. The normalized spacial score (nSPS) is 26.2. The Bertz CT molecular complexity index is 807. The van der Waals surface area contributed by atoms with E-state index >= 15 is 0 Å². The van der Waals surface area contributed by atoms with E-state index in [1.54, 1.807) is 21.8 Å². The molecular formula is C18H20N2O3S2. The van der Waals surface area contributed by atoms with Crippen LogP contribution in [0.15, 0.2) is 57.2 Å². The number of hydrogen-bond acceptors (Lipinski definition) is 5. The quantitative estimate of drug-likeness (QED) is 0.767. The van der Waals surface area contributed by atoms with Crippen molar-refractivity contribution in [3.8, 4) is 0 Å². The summed E-state index contributed by atoms with van der Waals surface area (Å²) in [4.78, 5) is 5.79. The van der Waals surface area contributed by atoms with Crippen LogP contribution in [0, 0.1) is 0 Å². The predicted molar refractivity (Wildman–Crippen MR) is 98.2 cm³/mol. The van der Waals surface area contributed by atoms with Crippen LogP contribution in [0.2, 0.25) is 0 Å². The molecule has 7 heteroatoms. The van der Waals surface area contributed by atoms with Gasteiger partial charge in [0.25, 0.3) is 0 Å².